The van der Waals surface area contributed by atoms with E-state index in [1.165, 1.54) is 17.7 Å². The summed E-state index contributed by atoms with van der Waals surface area (Å²) in [7, 11) is 2.74. The predicted molar refractivity (Wildman–Crippen MR) is 77.7 cm³/mol. The molecule has 1 saturated heterocycles. The zero-order valence-corrected chi connectivity index (χ0v) is 12.8. The van der Waals surface area contributed by atoms with E-state index in [-0.39, 0.29) is 12.5 Å². The van der Waals surface area contributed by atoms with Gasteiger partial charge in [0.25, 0.3) is 0 Å². The van der Waals surface area contributed by atoms with Gasteiger partial charge < -0.3 is 10.0 Å². The van der Waals surface area contributed by atoms with Crippen molar-refractivity contribution < 1.29 is 14.7 Å². The summed E-state index contributed by atoms with van der Waals surface area (Å²) in [6.07, 6.45) is 4.82. The van der Waals surface area contributed by atoms with Gasteiger partial charge in [0.2, 0.25) is 5.91 Å². The SMILES string of the molecule is CCN(CC(=O)O)C(=O)CCCC1CCN(P)CC1. The summed E-state index contributed by atoms with van der Waals surface area (Å²) in [5.74, 6) is -0.254. The standard InChI is InChI=1S/C13H25N2O3P/c1-2-14(10-13(17)18)12(16)5-3-4-11-6-8-15(19)9-7-11/h11H,2-10,19H2,1H3,(H,17,18). The normalized spacial score (nSPS) is 17.4. The average molecular weight is 288 g/mol. The molecule has 0 bridgehead atoms. The summed E-state index contributed by atoms with van der Waals surface area (Å²) in [6.45, 7) is 4.33. The van der Waals surface area contributed by atoms with E-state index in [1.54, 1.807) is 0 Å². The van der Waals surface area contributed by atoms with Gasteiger partial charge in [-0.1, -0.05) is 9.39 Å². The molecule has 1 fully saturated rings. The number of hydrogen-bond donors (Lipinski definition) is 1. The number of aliphatic carboxylic acids is 1. The van der Waals surface area contributed by atoms with Gasteiger partial charge in [-0.2, -0.15) is 0 Å². The first-order chi connectivity index (χ1) is 9.02. The highest BCUT2D eigenvalue weighted by atomic mass is 31.0. The first-order valence-electron chi connectivity index (χ1n) is 7.02. The Hall–Kier alpha value is -0.670. The fraction of sp³-hybridized carbons (Fsp3) is 0.846. The molecule has 0 aliphatic carbocycles. The van der Waals surface area contributed by atoms with Crippen LogP contribution in [0.5, 0.6) is 0 Å². The lowest BCUT2D eigenvalue weighted by atomic mass is 9.92. The third-order valence-electron chi connectivity index (χ3n) is 3.71. The van der Waals surface area contributed by atoms with Crippen LogP contribution in [-0.4, -0.2) is 52.7 Å². The molecule has 110 valence electrons. The monoisotopic (exact) mass is 288 g/mol. The minimum absolute atomic E-state index is 0.0339. The van der Waals surface area contributed by atoms with Crippen molar-refractivity contribution in [3.05, 3.63) is 0 Å². The third-order valence-corrected chi connectivity index (χ3v) is 4.23. The van der Waals surface area contributed by atoms with E-state index in [2.05, 4.69) is 14.1 Å². The van der Waals surface area contributed by atoms with E-state index in [1.807, 2.05) is 6.92 Å². The van der Waals surface area contributed by atoms with Crippen molar-refractivity contribution in [2.24, 2.45) is 5.92 Å². The minimum Gasteiger partial charge on any atom is -0.480 e. The lowest BCUT2D eigenvalue weighted by Crippen LogP contribution is -2.35. The molecule has 0 aromatic carbocycles. The number of rotatable bonds is 7. The van der Waals surface area contributed by atoms with E-state index >= 15 is 0 Å². The van der Waals surface area contributed by atoms with Crippen LogP contribution < -0.4 is 0 Å². The highest BCUT2D eigenvalue weighted by Gasteiger charge is 2.18. The van der Waals surface area contributed by atoms with Crippen molar-refractivity contribution in [1.29, 1.82) is 0 Å². The molecule has 1 atom stereocenters. The molecule has 19 heavy (non-hydrogen) atoms. The molecule has 0 saturated carbocycles. The fourth-order valence-corrected chi connectivity index (χ4v) is 2.78. The van der Waals surface area contributed by atoms with E-state index < -0.39 is 5.97 Å². The molecule has 0 radical (unpaired) electrons. The second-order valence-electron chi connectivity index (χ2n) is 5.17. The van der Waals surface area contributed by atoms with Crippen molar-refractivity contribution in [3.63, 3.8) is 0 Å². The molecule has 1 aliphatic heterocycles. The largest absolute Gasteiger partial charge is 0.480 e. The molecule has 1 N–H and O–H groups in total. The summed E-state index contributed by atoms with van der Waals surface area (Å²) in [5.41, 5.74) is 0. The second kappa shape index (κ2) is 8.49. The third kappa shape index (κ3) is 6.35. The van der Waals surface area contributed by atoms with E-state index in [0.717, 1.165) is 31.8 Å². The highest BCUT2D eigenvalue weighted by Crippen LogP contribution is 2.24. The number of carboxylic acid groups (broad SMARTS) is 1. The molecule has 0 aromatic heterocycles. The Morgan fingerprint density at radius 3 is 2.53 bits per heavy atom. The highest BCUT2D eigenvalue weighted by molar-refractivity contribution is 7.13. The molecule has 6 heteroatoms. The molecule has 1 aliphatic rings. The number of carbonyl (C=O) groups is 2. The summed E-state index contributed by atoms with van der Waals surface area (Å²) < 4.78 is 2.26. The lowest BCUT2D eigenvalue weighted by molar-refractivity contribution is -0.144. The zero-order valence-electron chi connectivity index (χ0n) is 11.7. The fourth-order valence-electron chi connectivity index (χ4n) is 2.48. The van der Waals surface area contributed by atoms with Gasteiger partial charge in [-0.15, -0.1) is 0 Å². The smallest absolute Gasteiger partial charge is 0.323 e. The van der Waals surface area contributed by atoms with Crippen molar-refractivity contribution in [2.45, 2.75) is 39.0 Å². The molecule has 0 aromatic rings. The number of nitrogens with zero attached hydrogens (tertiary/aromatic N) is 2. The molecule has 1 rings (SSSR count). The van der Waals surface area contributed by atoms with E-state index in [4.69, 9.17) is 5.11 Å². The Morgan fingerprint density at radius 2 is 2.00 bits per heavy atom. The topological polar surface area (TPSA) is 60.9 Å². The van der Waals surface area contributed by atoms with Gasteiger partial charge in [0.1, 0.15) is 6.54 Å². The van der Waals surface area contributed by atoms with Crippen molar-refractivity contribution in [3.8, 4) is 0 Å². The van der Waals surface area contributed by atoms with Crippen LogP contribution >= 0.6 is 9.39 Å². The first kappa shape index (κ1) is 16.4. The van der Waals surface area contributed by atoms with Crippen LogP contribution in [-0.2, 0) is 9.59 Å². The Labute approximate surface area is 117 Å². The van der Waals surface area contributed by atoms with Crippen LogP contribution in [0.25, 0.3) is 0 Å². The molecule has 1 amide bonds. The summed E-state index contributed by atoms with van der Waals surface area (Å²) in [6, 6.07) is 0. The molecule has 1 unspecified atom stereocenters. The van der Waals surface area contributed by atoms with Crippen LogP contribution in [0.3, 0.4) is 0 Å². The van der Waals surface area contributed by atoms with E-state index in [0.29, 0.717) is 13.0 Å². The minimum atomic E-state index is -0.942. The summed E-state index contributed by atoms with van der Waals surface area (Å²) in [4.78, 5) is 23.9. The Morgan fingerprint density at radius 1 is 1.37 bits per heavy atom. The maximum atomic E-state index is 11.9. The number of hydrogen-bond acceptors (Lipinski definition) is 3. The number of carbonyl (C=O) groups excluding carboxylic acids is 1. The van der Waals surface area contributed by atoms with Crippen LogP contribution in [0.4, 0.5) is 0 Å². The van der Waals surface area contributed by atoms with Gasteiger partial charge in [0, 0.05) is 26.1 Å². The lowest BCUT2D eigenvalue weighted by Gasteiger charge is -2.28. The Balaban J connectivity index is 2.20. The average Bonchev–Trinajstić information content (AvgIpc) is 2.38. The van der Waals surface area contributed by atoms with Gasteiger partial charge in [-0.25, -0.2) is 0 Å². The number of piperidine rings is 1. The molecular formula is C13H25N2O3P. The number of carboxylic acids is 1. The van der Waals surface area contributed by atoms with Crippen molar-refractivity contribution in [2.75, 3.05) is 26.2 Å². The van der Waals surface area contributed by atoms with Crippen molar-refractivity contribution >= 4 is 21.3 Å². The zero-order chi connectivity index (χ0) is 14.3. The van der Waals surface area contributed by atoms with Crippen LogP contribution in [0.1, 0.15) is 39.0 Å². The Bertz CT molecular complexity index is 304. The van der Waals surface area contributed by atoms with Gasteiger partial charge in [-0.3, -0.25) is 14.3 Å². The number of amides is 1. The van der Waals surface area contributed by atoms with Crippen LogP contribution in [0.2, 0.25) is 0 Å². The van der Waals surface area contributed by atoms with Gasteiger partial charge in [0.15, 0.2) is 0 Å². The second-order valence-corrected chi connectivity index (χ2v) is 5.90. The molecule has 5 nitrogen and oxygen atoms in total. The van der Waals surface area contributed by atoms with E-state index in [9.17, 15) is 9.59 Å². The van der Waals surface area contributed by atoms with Crippen LogP contribution in [0.15, 0.2) is 0 Å². The van der Waals surface area contributed by atoms with Gasteiger partial charge in [0.05, 0.1) is 0 Å². The summed E-state index contributed by atoms with van der Waals surface area (Å²) in [5, 5.41) is 8.72. The van der Waals surface area contributed by atoms with Gasteiger partial charge in [-0.05, 0) is 38.5 Å². The maximum Gasteiger partial charge on any atom is 0.323 e. The Kier molecular flexibility index (Phi) is 7.32. The molecule has 1 heterocycles. The van der Waals surface area contributed by atoms with Gasteiger partial charge >= 0.3 is 5.97 Å². The van der Waals surface area contributed by atoms with Crippen LogP contribution in [0, 0.1) is 5.92 Å². The maximum absolute atomic E-state index is 11.9. The predicted octanol–water partition coefficient (Wildman–Crippen LogP) is 1.59. The summed E-state index contributed by atoms with van der Waals surface area (Å²) >= 11 is 0. The molecule has 0 spiro atoms. The first-order valence-corrected chi connectivity index (χ1v) is 7.53. The number of likely N-dealkylation sites (N-methyl/N-ethyl adjacent to an activating group) is 1. The molecular weight excluding hydrogens is 263 g/mol. The van der Waals surface area contributed by atoms with Crippen molar-refractivity contribution in [1.82, 2.24) is 9.57 Å². The quantitative estimate of drug-likeness (QED) is 0.723.